The summed E-state index contributed by atoms with van der Waals surface area (Å²) < 4.78 is 5.46. The van der Waals surface area contributed by atoms with E-state index in [1.54, 1.807) is 19.9 Å². The maximum Gasteiger partial charge on any atom is 0.325 e. The first kappa shape index (κ1) is 15.3. The molecule has 0 spiro atoms. The van der Waals surface area contributed by atoms with E-state index in [1.165, 1.54) is 0 Å². The number of imide groups is 1. The van der Waals surface area contributed by atoms with E-state index in [2.05, 4.69) is 5.32 Å². The highest BCUT2D eigenvalue weighted by molar-refractivity contribution is 6.06. The van der Waals surface area contributed by atoms with Crippen molar-refractivity contribution in [2.75, 3.05) is 13.2 Å². The Morgan fingerprint density at radius 1 is 1.38 bits per heavy atom. The van der Waals surface area contributed by atoms with E-state index in [0.717, 1.165) is 10.5 Å². The van der Waals surface area contributed by atoms with Crippen LogP contribution in [0.1, 0.15) is 19.4 Å². The standard InChI is InChI=1S/C15H20N2O4/c1-10-5-4-6-12(7-10)21-9-11(18)8-17-13(19)15(2,3)16-14(17)20/h4-7,11,18H,8-9H2,1-3H3,(H,16,20)/t11-/m1/s1. The van der Waals surface area contributed by atoms with Gasteiger partial charge >= 0.3 is 6.03 Å². The molecule has 3 amide bonds. The number of aliphatic hydroxyl groups is 1. The van der Waals surface area contributed by atoms with Crippen molar-refractivity contribution in [2.45, 2.75) is 32.4 Å². The normalized spacial score (nSPS) is 18.6. The van der Waals surface area contributed by atoms with Crippen molar-refractivity contribution in [2.24, 2.45) is 0 Å². The number of benzene rings is 1. The summed E-state index contributed by atoms with van der Waals surface area (Å²) in [5, 5.41) is 12.5. The summed E-state index contributed by atoms with van der Waals surface area (Å²) in [5.74, 6) is 0.300. The van der Waals surface area contributed by atoms with Crippen molar-refractivity contribution >= 4 is 11.9 Å². The molecule has 0 aromatic heterocycles. The predicted molar refractivity (Wildman–Crippen MR) is 77.0 cm³/mol. The van der Waals surface area contributed by atoms with Crippen molar-refractivity contribution in [1.82, 2.24) is 10.2 Å². The fourth-order valence-corrected chi connectivity index (χ4v) is 2.14. The summed E-state index contributed by atoms with van der Waals surface area (Å²) in [6.07, 6.45) is -0.936. The van der Waals surface area contributed by atoms with E-state index in [0.29, 0.717) is 5.75 Å². The monoisotopic (exact) mass is 292 g/mol. The number of β-amino-alcohol motifs (C(OH)–C–C–N with tert-alkyl or cyclic N) is 1. The number of rotatable bonds is 5. The van der Waals surface area contributed by atoms with Crippen LogP contribution in [0.2, 0.25) is 0 Å². The minimum absolute atomic E-state index is 0.0148. The highest BCUT2D eigenvalue weighted by Gasteiger charge is 2.44. The van der Waals surface area contributed by atoms with Crippen molar-refractivity contribution in [3.63, 3.8) is 0 Å². The van der Waals surface area contributed by atoms with Gasteiger partial charge in [-0.05, 0) is 38.5 Å². The molecule has 0 aliphatic carbocycles. The van der Waals surface area contributed by atoms with Crippen LogP contribution >= 0.6 is 0 Å². The van der Waals surface area contributed by atoms with E-state index in [4.69, 9.17) is 4.74 Å². The van der Waals surface area contributed by atoms with Crippen LogP contribution in [-0.4, -0.2) is 46.7 Å². The van der Waals surface area contributed by atoms with Gasteiger partial charge in [0.1, 0.15) is 24.0 Å². The van der Waals surface area contributed by atoms with Gasteiger partial charge in [0.2, 0.25) is 0 Å². The van der Waals surface area contributed by atoms with Crippen LogP contribution in [0.25, 0.3) is 0 Å². The Balaban J connectivity index is 1.89. The van der Waals surface area contributed by atoms with Gasteiger partial charge in [0, 0.05) is 0 Å². The summed E-state index contributed by atoms with van der Waals surface area (Å²) >= 11 is 0. The number of urea groups is 1. The minimum Gasteiger partial charge on any atom is -0.491 e. The minimum atomic E-state index is -0.936. The fraction of sp³-hybridized carbons (Fsp3) is 0.467. The van der Waals surface area contributed by atoms with Gasteiger partial charge in [-0.3, -0.25) is 9.69 Å². The predicted octanol–water partition coefficient (Wildman–Crippen LogP) is 1.07. The first-order valence-electron chi connectivity index (χ1n) is 6.81. The number of nitrogens with one attached hydrogen (secondary N) is 1. The highest BCUT2D eigenvalue weighted by atomic mass is 16.5. The van der Waals surface area contributed by atoms with E-state index >= 15 is 0 Å². The highest BCUT2D eigenvalue weighted by Crippen LogP contribution is 2.17. The second-order valence-corrected chi connectivity index (χ2v) is 5.75. The zero-order valence-electron chi connectivity index (χ0n) is 12.4. The molecule has 1 aliphatic heterocycles. The van der Waals surface area contributed by atoms with Crippen LogP contribution in [0, 0.1) is 6.92 Å². The number of aryl methyl sites for hydroxylation is 1. The van der Waals surface area contributed by atoms with Gasteiger partial charge in [-0.15, -0.1) is 0 Å². The number of carbonyl (C=O) groups is 2. The Hall–Kier alpha value is -2.08. The maximum absolute atomic E-state index is 12.0. The molecule has 0 radical (unpaired) electrons. The summed E-state index contributed by atoms with van der Waals surface area (Å²) in [6.45, 7) is 5.13. The molecule has 1 saturated heterocycles. The molecule has 0 bridgehead atoms. The fourth-order valence-electron chi connectivity index (χ4n) is 2.14. The Labute approximate surface area is 123 Å². The Morgan fingerprint density at radius 3 is 2.67 bits per heavy atom. The molecule has 0 unspecified atom stereocenters. The number of carbonyl (C=O) groups excluding carboxylic acids is 2. The summed E-state index contributed by atoms with van der Waals surface area (Å²) in [7, 11) is 0. The first-order valence-corrected chi connectivity index (χ1v) is 6.81. The molecule has 6 nitrogen and oxygen atoms in total. The van der Waals surface area contributed by atoms with E-state index in [1.807, 2.05) is 25.1 Å². The lowest BCUT2D eigenvalue weighted by atomic mass is 10.1. The van der Waals surface area contributed by atoms with Crippen molar-refractivity contribution < 1.29 is 19.4 Å². The number of nitrogens with zero attached hydrogens (tertiary/aromatic N) is 1. The van der Waals surface area contributed by atoms with Crippen LogP contribution < -0.4 is 10.1 Å². The van der Waals surface area contributed by atoms with Crippen LogP contribution in [0.5, 0.6) is 5.75 Å². The molecule has 2 N–H and O–H groups in total. The molecule has 0 saturated carbocycles. The van der Waals surface area contributed by atoms with E-state index in [9.17, 15) is 14.7 Å². The van der Waals surface area contributed by atoms with Gasteiger partial charge in [-0.25, -0.2) is 4.79 Å². The number of aliphatic hydroxyl groups excluding tert-OH is 1. The lowest BCUT2D eigenvalue weighted by Gasteiger charge is -2.19. The Kier molecular flexibility index (Phi) is 4.18. The van der Waals surface area contributed by atoms with Gasteiger partial charge in [0.15, 0.2) is 0 Å². The molecular formula is C15H20N2O4. The molecule has 6 heteroatoms. The SMILES string of the molecule is Cc1cccc(OC[C@H](O)CN2C(=O)NC(C)(C)C2=O)c1. The third kappa shape index (κ3) is 3.52. The van der Waals surface area contributed by atoms with Crippen molar-refractivity contribution in [3.05, 3.63) is 29.8 Å². The summed E-state index contributed by atoms with van der Waals surface area (Å²) in [6, 6.07) is 6.95. The lowest BCUT2D eigenvalue weighted by Crippen LogP contribution is -2.42. The largest absolute Gasteiger partial charge is 0.491 e. The van der Waals surface area contributed by atoms with Crippen molar-refractivity contribution in [1.29, 1.82) is 0 Å². The molecule has 1 aromatic rings. The third-order valence-corrected chi connectivity index (χ3v) is 3.27. The van der Waals surface area contributed by atoms with Crippen molar-refractivity contribution in [3.8, 4) is 5.75 Å². The van der Waals surface area contributed by atoms with Gasteiger partial charge < -0.3 is 15.2 Å². The number of hydrogen-bond acceptors (Lipinski definition) is 4. The molecule has 114 valence electrons. The van der Waals surface area contributed by atoms with Crippen LogP contribution in [0.4, 0.5) is 4.79 Å². The maximum atomic E-state index is 12.0. The smallest absolute Gasteiger partial charge is 0.325 e. The van der Waals surface area contributed by atoms with Crippen LogP contribution in [0.15, 0.2) is 24.3 Å². The Bertz CT molecular complexity index is 556. The molecule has 1 aromatic carbocycles. The summed E-state index contributed by atoms with van der Waals surface area (Å²) in [5.41, 5.74) is 0.131. The molecule has 1 fully saturated rings. The van der Waals surface area contributed by atoms with E-state index in [-0.39, 0.29) is 19.1 Å². The molecule has 1 aliphatic rings. The zero-order valence-corrected chi connectivity index (χ0v) is 12.4. The molecule has 21 heavy (non-hydrogen) atoms. The number of ether oxygens (including phenoxy) is 1. The summed E-state index contributed by atoms with van der Waals surface area (Å²) in [4.78, 5) is 24.7. The molecular weight excluding hydrogens is 272 g/mol. The Morgan fingerprint density at radius 2 is 2.10 bits per heavy atom. The zero-order chi connectivity index (χ0) is 15.6. The van der Waals surface area contributed by atoms with E-state index < -0.39 is 17.7 Å². The van der Waals surface area contributed by atoms with Gasteiger partial charge in [0.25, 0.3) is 5.91 Å². The second kappa shape index (κ2) is 5.73. The van der Waals surface area contributed by atoms with Gasteiger partial charge in [0.05, 0.1) is 6.54 Å². The number of hydrogen-bond donors (Lipinski definition) is 2. The lowest BCUT2D eigenvalue weighted by molar-refractivity contribution is -0.131. The topological polar surface area (TPSA) is 78.9 Å². The molecule has 1 atom stereocenters. The second-order valence-electron chi connectivity index (χ2n) is 5.75. The first-order chi connectivity index (χ1) is 9.79. The average Bonchev–Trinajstić information content (AvgIpc) is 2.59. The molecule has 2 rings (SSSR count). The quantitative estimate of drug-likeness (QED) is 0.796. The van der Waals surface area contributed by atoms with Crippen LogP contribution in [0.3, 0.4) is 0 Å². The number of amides is 3. The van der Waals surface area contributed by atoms with Crippen LogP contribution in [-0.2, 0) is 4.79 Å². The average molecular weight is 292 g/mol. The third-order valence-electron chi connectivity index (χ3n) is 3.27. The van der Waals surface area contributed by atoms with Gasteiger partial charge in [-0.1, -0.05) is 12.1 Å². The molecule has 1 heterocycles. The van der Waals surface area contributed by atoms with Gasteiger partial charge in [-0.2, -0.15) is 0 Å².